The molecule has 0 aliphatic heterocycles. The minimum Gasteiger partial charge on any atom is -0.312 e. The van der Waals surface area contributed by atoms with E-state index in [1.165, 1.54) is 5.56 Å². The van der Waals surface area contributed by atoms with E-state index in [-0.39, 0.29) is 0 Å². The maximum absolute atomic E-state index is 4.28. The van der Waals surface area contributed by atoms with Crippen LogP contribution in [0.2, 0.25) is 0 Å². The van der Waals surface area contributed by atoms with E-state index in [1.807, 2.05) is 23.1 Å². The van der Waals surface area contributed by atoms with Crippen LogP contribution in [0.5, 0.6) is 0 Å². The summed E-state index contributed by atoms with van der Waals surface area (Å²) >= 11 is 0. The van der Waals surface area contributed by atoms with E-state index in [0.717, 1.165) is 13.0 Å². The van der Waals surface area contributed by atoms with Gasteiger partial charge in [-0.2, -0.15) is 5.10 Å². The van der Waals surface area contributed by atoms with Crippen molar-refractivity contribution in [3.63, 3.8) is 0 Å². The van der Waals surface area contributed by atoms with Gasteiger partial charge in [0.15, 0.2) is 0 Å². The maximum Gasteiger partial charge on any atom is 0.0641 e. The van der Waals surface area contributed by atoms with E-state index in [2.05, 4.69) is 54.6 Å². The summed E-state index contributed by atoms with van der Waals surface area (Å²) in [7, 11) is 0. The molecule has 0 amide bonds. The molecule has 0 fully saturated rings. The predicted molar refractivity (Wildman–Crippen MR) is 74.5 cm³/mol. The number of nitrogens with one attached hydrogen (secondary N) is 1. The summed E-state index contributed by atoms with van der Waals surface area (Å²) in [6, 6.07) is 13.3. The van der Waals surface area contributed by atoms with Crippen LogP contribution >= 0.6 is 0 Å². The Balaban J connectivity index is 1.77. The van der Waals surface area contributed by atoms with Crippen LogP contribution in [0.4, 0.5) is 0 Å². The highest BCUT2D eigenvalue weighted by molar-refractivity contribution is 5.14. The fourth-order valence-electron chi connectivity index (χ4n) is 2.01. The molecule has 0 saturated heterocycles. The van der Waals surface area contributed by atoms with E-state index < -0.39 is 0 Å². The summed E-state index contributed by atoms with van der Waals surface area (Å²) in [5, 5.41) is 7.84. The molecule has 1 N–H and O–H groups in total. The lowest BCUT2D eigenvalue weighted by atomic mass is 10.1. The molecule has 1 heterocycles. The average molecular weight is 243 g/mol. The Hall–Kier alpha value is -1.61. The number of rotatable bonds is 6. The highest BCUT2D eigenvalue weighted by Gasteiger charge is 2.12. The van der Waals surface area contributed by atoms with Gasteiger partial charge < -0.3 is 5.32 Å². The van der Waals surface area contributed by atoms with Crippen molar-refractivity contribution in [3.8, 4) is 0 Å². The summed E-state index contributed by atoms with van der Waals surface area (Å²) < 4.78 is 2.00. The fraction of sp³-hybridized carbons (Fsp3) is 0.400. The molecule has 1 aromatic heterocycles. The molecule has 0 aliphatic carbocycles. The van der Waals surface area contributed by atoms with Gasteiger partial charge in [-0.1, -0.05) is 30.3 Å². The number of aromatic nitrogens is 2. The zero-order valence-corrected chi connectivity index (χ0v) is 11.1. The van der Waals surface area contributed by atoms with Gasteiger partial charge in [-0.25, -0.2) is 0 Å². The number of hydrogen-bond acceptors (Lipinski definition) is 2. The predicted octanol–water partition coefficient (Wildman–Crippen LogP) is 2.66. The lowest BCUT2D eigenvalue weighted by Gasteiger charge is -2.21. The van der Waals surface area contributed by atoms with Gasteiger partial charge in [-0.05, 0) is 38.4 Å². The van der Waals surface area contributed by atoms with Crippen LogP contribution in [0.25, 0.3) is 0 Å². The third-order valence-electron chi connectivity index (χ3n) is 3.39. The topological polar surface area (TPSA) is 29.9 Å². The summed E-state index contributed by atoms with van der Waals surface area (Å²) in [5.41, 5.74) is 1.38. The molecule has 2 unspecified atom stereocenters. The summed E-state index contributed by atoms with van der Waals surface area (Å²) in [6.07, 6.45) is 4.91. The molecule has 0 spiro atoms. The Kier molecular flexibility index (Phi) is 4.53. The van der Waals surface area contributed by atoms with Crippen LogP contribution in [-0.4, -0.2) is 22.4 Å². The normalized spacial score (nSPS) is 14.3. The molecule has 3 heteroatoms. The van der Waals surface area contributed by atoms with Gasteiger partial charge in [-0.3, -0.25) is 4.68 Å². The van der Waals surface area contributed by atoms with E-state index in [0.29, 0.717) is 12.1 Å². The van der Waals surface area contributed by atoms with Gasteiger partial charge in [0.1, 0.15) is 0 Å². The molecular weight excluding hydrogens is 222 g/mol. The smallest absolute Gasteiger partial charge is 0.0641 e. The van der Waals surface area contributed by atoms with Crippen molar-refractivity contribution in [1.82, 2.24) is 15.1 Å². The second-order valence-electron chi connectivity index (χ2n) is 4.71. The Labute approximate surface area is 109 Å². The zero-order valence-electron chi connectivity index (χ0n) is 11.1. The van der Waals surface area contributed by atoms with Crippen molar-refractivity contribution in [1.29, 1.82) is 0 Å². The first-order chi connectivity index (χ1) is 8.77. The lowest BCUT2D eigenvalue weighted by molar-refractivity contribution is 0.368. The maximum atomic E-state index is 4.28. The average Bonchev–Trinajstić information content (AvgIpc) is 2.93. The van der Waals surface area contributed by atoms with Crippen LogP contribution in [-0.2, 0) is 6.42 Å². The molecule has 0 bridgehead atoms. The SMILES string of the molecule is CC(NCCc1ccccc1)C(C)n1cccn1. The highest BCUT2D eigenvalue weighted by atomic mass is 15.3. The molecule has 2 aromatic rings. The molecular formula is C15H21N3. The minimum atomic E-state index is 0.371. The van der Waals surface area contributed by atoms with Crippen LogP contribution < -0.4 is 5.32 Å². The number of nitrogens with zero attached hydrogens (tertiary/aromatic N) is 2. The third kappa shape index (κ3) is 3.44. The minimum absolute atomic E-state index is 0.371. The van der Waals surface area contributed by atoms with E-state index in [4.69, 9.17) is 0 Å². The van der Waals surface area contributed by atoms with Gasteiger partial charge >= 0.3 is 0 Å². The number of hydrogen-bond donors (Lipinski definition) is 1. The Morgan fingerprint density at radius 2 is 1.94 bits per heavy atom. The fourth-order valence-corrected chi connectivity index (χ4v) is 2.01. The van der Waals surface area contributed by atoms with Crippen LogP contribution in [0.1, 0.15) is 25.5 Å². The molecule has 2 atom stereocenters. The standard InChI is InChI=1S/C15H21N3/c1-13(14(2)18-12-6-10-17-18)16-11-9-15-7-4-3-5-8-15/h3-8,10,12-14,16H,9,11H2,1-2H3. The van der Waals surface area contributed by atoms with E-state index in [9.17, 15) is 0 Å². The van der Waals surface area contributed by atoms with Crippen molar-refractivity contribution >= 4 is 0 Å². The highest BCUT2D eigenvalue weighted by Crippen LogP contribution is 2.09. The summed E-state index contributed by atoms with van der Waals surface area (Å²) in [5.74, 6) is 0. The summed E-state index contributed by atoms with van der Waals surface area (Å²) in [4.78, 5) is 0. The van der Waals surface area contributed by atoms with Gasteiger partial charge in [-0.15, -0.1) is 0 Å². The van der Waals surface area contributed by atoms with Crippen molar-refractivity contribution in [2.24, 2.45) is 0 Å². The first-order valence-electron chi connectivity index (χ1n) is 6.54. The molecule has 0 aliphatic rings. The quantitative estimate of drug-likeness (QED) is 0.845. The largest absolute Gasteiger partial charge is 0.312 e. The van der Waals surface area contributed by atoms with Crippen molar-refractivity contribution in [3.05, 3.63) is 54.4 Å². The van der Waals surface area contributed by atoms with Crippen molar-refractivity contribution in [2.45, 2.75) is 32.4 Å². The number of benzene rings is 1. The van der Waals surface area contributed by atoms with Crippen LogP contribution in [0.3, 0.4) is 0 Å². The van der Waals surface area contributed by atoms with Gasteiger partial charge in [0.2, 0.25) is 0 Å². The van der Waals surface area contributed by atoms with Crippen LogP contribution in [0, 0.1) is 0 Å². The zero-order chi connectivity index (χ0) is 12.8. The van der Waals surface area contributed by atoms with E-state index >= 15 is 0 Å². The molecule has 3 nitrogen and oxygen atoms in total. The van der Waals surface area contributed by atoms with Gasteiger partial charge in [0.25, 0.3) is 0 Å². The van der Waals surface area contributed by atoms with Crippen molar-refractivity contribution < 1.29 is 0 Å². The van der Waals surface area contributed by atoms with Crippen LogP contribution in [0.15, 0.2) is 48.8 Å². The first-order valence-corrected chi connectivity index (χ1v) is 6.54. The lowest BCUT2D eigenvalue weighted by Crippen LogP contribution is -2.35. The molecule has 18 heavy (non-hydrogen) atoms. The van der Waals surface area contributed by atoms with Gasteiger partial charge in [0.05, 0.1) is 6.04 Å². The monoisotopic (exact) mass is 243 g/mol. The van der Waals surface area contributed by atoms with Crippen molar-refractivity contribution in [2.75, 3.05) is 6.54 Å². The Morgan fingerprint density at radius 1 is 1.17 bits per heavy atom. The third-order valence-corrected chi connectivity index (χ3v) is 3.39. The molecule has 0 radical (unpaired) electrons. The molecule has 1 aromatic carbocycles. The second-order valence-corrected chi connectivity index (χ2v) is 4.71. The van der Waals surface area contributed by atoms with E-state index in [1.54, 1.807) is 0 Å². The van der Waals surface area contributed by atoms with Gasteiger partial charge in [0, 0.05) is 18.4 Å². The Bertz CT molecular complexity index is 436. The molecule has 96 valence electrons. The molecule has 0 saturated carbocycles. The second kappa shape index (κ2) is 6.36. The Morgan fingerprint density at radius 3 is 2.61 bits per heavy atom. The first kappa shape index (κ1) is 12.8. The summed E-state index contributed by atoms with van der Waals surface area (Å²) in [6.45, 7) is 5.39. The molecule has 2 rings (SSSR count).